The molecule has 0 atom stereocenters. The lowest BCUT2D eigenvalue weighted by atomic mass is 10.1. The van der Waals surface area contributed by atoms with Gasteiger partial charge in [-0.25, -0.2) is 4.79 Å². The predicted octanol–water partition coefficient (Wildman–Crippen LogP) is 3.62. The molecule has 0 fully saturated rings. The van der Waals surface area contributed by atoms with E-state index in [9.17, 15) is 9.90 Å². The summed E-state index contributed by atoms with van der Waals surface area (Å²) in [6.45, 7) is 2.16. The molecule has 1 aromatic carbocycles. The second-order valence-electron chi connectivity index (χ2n) is 4.59. The summed E-state index contributed by atoms with van der Waals surface area (Å²) < 4.78 is 5.22. The number of hydrogen-bond acceptors (Lipinski definition) is 3. The molecule has 2 aromatic rings. The molecular formula is C15H18O3. The van der Waals surface area contributed by atoms with Gasteiger partial charge in [-0.3, -0.25) is 0 Å². The van der Waals surface area contributed by atoms with Gasteiger partial charge in [-0.05, 0) is 31.0 Å². The van der Waals surface area contributed by atoms with Gasteiger partial charge in [-0.15, -0.1) is 0 Å². The Balaban J connectivity index is 2.21. The maximum atomic E-state index is 11.8. The van der Waals surface area contributed by atoms with Crippen LogP contribution in [0.5, 0.6) is 5.75 Å². The summed E-state index contributed by atoms with van der Waals surface area (Å²) in [7, 11) is 0. The molecule has 1 aromatic heterocycles. The summed E-state index contributed by atoms with van der Waals surface area (Å²) >= 11 is 0. The first kappa shape index (κ1) is 12.7. The molecule has 3 heteroatoms. The predicted molar refractivity (Wildman–Crippen MR) is 72.0 cm³/mol. The Morgan fingerprint density at radius 2 is 2.00 bits per heavy atom. The van der Waals surface area contributed by atoms with E-state index in [1.807, 2.05) is 6.07 Å². The number of phenolic OH excluding ortho intramolecular Hbond substituents is 1. The third-order valence-electron chi connectivity index (χ3n) is 3.09. The van der Waals surface area contributed by atoms with Crippen molar-refractivity contribution in [2.24, 2.45) is 0 Å². The van der Waals surface area contributed by atoms with Gasteiger partial charge >= 0.3 is 5.63 Å². The third kappa shape index (κ3) is 2.92. The number of fused-ring (bicyclic) bond motifs is 1. The summed E-state index contributed by atoms with van der Waals surface area (Å²) in [5, 5.41) is 10.2. The van der Waals surface area contributed by atoms with Crippen LogP contribution in [0, 0.1) is 0 Å². The van der Waals surface area contributed by atoms with E-state index >= 15 is 0 Å². The summed E-state index contributed by atoms with van der Waals surface area (Å²) in [6.07, 6.45) is 5.31. The van der Waals surface area contributed by atoms with E-state index in [1.54, 1.807) is 12.1 Å². The van der Waals surface area contributed by atoms with E-state index in [0.29, 0.717) is 5.58 Å². The third-order valence-corrected chi connectivity index (χ3v) is 3.09. The van der Waals surface area contributed by atoms with Gasteiger partial charge in [0.2, 0.25) is 0 Å². The minimum Gasteiger partial charge on any atom is -0.508 e. The molecule has 0 aliphatic carbocycles. The van der Waals surface area contributed by atoms with Crippen LogP contribution in [0.3, 0.4) is 0 Å². The molecular weight excluding hydrogens is 228 g/mol. The lowest BCUT2D eigenvalue weighted by Gasteiger charge is -2.02. The summed E-state index contributed by atoms with van der Waals surface area (Å²) in [5.74, 6) is 0.112. The first-order valence-corrected chi connectivity index (χ1v) is 6.46. The summed E-state index contributed by atoms with van der Waals surface area (Å²) in [4.78, 5) is 11.8. The normalized spacial score (nSPS) is 10.9. The van der Waals surface area contributed by atoms with Gasteiger partial charge < -0.3 is 9.52 Å². The standard InChI is InChI=1S/C15H18O3/c1-2-3-4-5-6-12-9-11-7-8-13(16)10-14(11)18-15(12)17/h7-10,16H,2-6H2,1H3. The number of unbranched alkanes of at least 4 members (excludes halogenated alkanes) is 3. The zero-order valence-corrected chi connectivity index (χ0v) is 10.6. The highest BCUT2D eigenvalue weighted by molar-refractivity contribution is 5.78. The molecule has 1 N–H and O–H groups in total. The van der Waals surface area contributed by atoms with Gasteiger partial charge in [0.1, 0.15) is 11.3 Å². The molecule has 3 nitrogen and oxygen atoms in total. The first-order valence-electron chi connectivity index (χ1n) is 6.46. The van der Waals surface area contributed by atoms with Crippen molar-refractivity contribution in [3.05, 3.63) is 40.2 Å². The smallest absolute Gasteiger partial charge is 0.339 e. The molecule has 0 aliphatic heterocycles. The van der Waals surface area contributed by atoms with Crippen LogP contribution in [0.4, 0.5) is 0 Å². The molecule has 1 heterocycles. The fraction of sp³-hybridized carbons (Fsp3) is 0.400. The van der Waals surface area contributed by atoms with Crippen LogP contribution in [-0.2, 0) is 6.42 Å². The minimum atomic E-state index is -0.287. The molecule has 0 bridgehead atoms. The van der Waals surface area contributed by atoms with Crippen LogP contribution in [0.25, 0.3) is 11.0 Å². The number of aromatic hydroxyl groups is 1. The van der Waals surface area contributed by atoms with Crippen molar-refractivity contribution < 1.29 is 9.52 Å². The second kappa shape index (κ2) is 5.71. The fourth-order valence-corrected chi connectivity index (χ4v) is 2.06. The fourth-order valence-electron chi connectivity index (χ4n) is 2.06. The molecule has 2 rings (SSSR count). The van der Waals surface area contributed by atoms with Crippen molar-refractivity contribution in [3.8, 4) is 5.75 Å². The Hall–Kier alpha value is -1.77. The maximum absolute atomic E-state index is 11.8. The minimum absolute atomic E-state index is 0.112. The Morgan fingerprint density at radius 3 is 2.78 bits per heavy atom. The summed E-state index contributed by atoms with van der Waals surface area (Å²) in [6, 6.07) is 6.70. The van der Waals surface area contributed by atoms with Crippen molar-refractivity contribution >= 4 is 11.0 Å². The van der Waals surface area contributed by atoms with Crippen molar-refractivity contribution in [2.75, 3.05) is 0 Å². The van der Waals surface area contributed by atoms with Crippen LogP contribution in [-0.4, -0.2) is 5.11 Å². The number of benzene rings is 1. The molecule has 0 unspecified atom stereocenters. The Bertz CT molecular complexity index is 584. The van der Waals surface area contributed by atoms with E-state index in [2.05, 4.69) is 6.92 Å². The van der Waals surface area contributed by atoms with Crippen LogP contribution in [0.15, 0.2) is 33.5 Å². The largest absolute Gasteiger partial charge is 0.508 e. The van der Waals surface area contributed by atoms with E-state index in [1.165, 1.54) is 18.9 Å². The summed E-state index contributed by atoms with van der Waals surface area (Å²) in [5.41, 5.74) is 0.881. The van der Waals surface area contributed by atoms with E-state index < -0.39 is 0 Å². The van der Waals surface area contributed by atoms with Crippen molar-refractivity contribution in [1.29, 1.82) is 0 Å². The molecule has 0 saturated carbocycles. The average Bonchev–Trinajstić information content (AvgIpc) is 2.35. The molecule has 96 valence electrons. The number of aryl methyl sites for hydroxylation is 1. The number of hydrogen-bond donors (Lipinski definition) is 1. The first-order chi connectivity index (χ1) is 8.70. The van der Waals surface area contributed by atoms with Crippen LogP contribution >= 0.6 is 0 Å². The van der Waals surface area contributed by atoms with Crippen molar-refractivity contribution in [2.45, 2.75) is 39.0 Å². The molecule has 18 heavy (non-hydrogen) atoms. The molecule has 0 amide bonds. The highest BCUT2D eigenvalue weighted by Gasteiger charge is 2.05. The van der Waals surface area contributed by atoms with Gasteiger partial charge in [0.05, 0.1) is 0 Å². The Morgan fingerprint density at radius 1 is 1.17 bits per heavy atom. The average molecular weight is 246 g/mol. The van der Waals surface area contributed by atoms with Crippen molar-refractivity contribution in [3.63, 3.8) is 0 Å². The van der Waals surface area contributed by atoms with Gasteiger partial charge in [-0.1, -0.05) is 26.2 Å². The molecule has 0 spiro atoms. The van der Waals surface area contributed by atoms with Gasteiger partial charge in [0.25, 0.3) is 0 Å². The van der Waals surface area contributed by atoms with Gasteiger partial charge in [0, 0.05) is 17.0 Å². The Labute approximate surface area is 106 Å². The number of phenols is 1. The van der Waals surface area contributed by atoms with Gasteiger partial charge in [0.15, 0.2) is 0 Å². The zero-order chi connectivity index (χ0) is 13.0. The quantitative estimate of drug-likeness (QED) is 0.647. The lowest BCUT2D eigenvalue weighted by molar-refractivity contribution is 0.472. The van der Waals surface area contributed by atoms with Crippen molar-refractivity contribution in [1.82, 2.24) is 0 Å². The highest BCUT2D eigenvalue weighted by Crippen LogP contribution is 2.19. The topological polar surface area (TPSA) is 50.4 Å². The highest BCUT2D eigenvalue weighted by atomic mass is 16.4. The van der Waals surface area contributed by atoms with Crippen LogP contribution < -0.4 is 5.63 Å². The lowest BCUT2D eigenvalue weighted by Crippen LogP contribution is -2.06. The monoisotopic (exact) mass is 246 g/mol. The van der Waals surface area contributed by atoms with Crippen LogP contribution in [0.2, 0.25) is 0 Å². The molecule has 0 radical (unpaired) electrons. The van der Waals surface area contributed by atoms with E-state index in [0.717, 1.165) is 30.2 Å². The number of rotatable bonds is 5. The van der Waals surface area contributed by atoms with Gasteiger partial charge in [-0.2, -0.15) is 0 Å². The zero-order valence-electron chi connectivity index (χ0n) is 10.6. The second-order valence-corrected chi connectivity index (χ2v) is 4.59. The Kier molecular flexibility index (Phi) is 4.03. The maximum Gasteiger partial charge on any atom is 0.339 e. The molecule has 0 saturated heterocycles. The molecule has 0 aliphatic rings. The van der Waals surface area contributed by atoms with E-state index in [4.69, 9.17) is 4.42 Å². The van der Waals surface area contributed by atoms with E-state index in [-0.39, 0.29) is 11.4 Å². The van der Waals surface area contributed by atoms with Crippen LogP contribution in [0.1, 0.15) is 38.2 Å². The SMILES string of the molecule is CCCCCCc1cc2ccc(O)cc2oc1=O.